The third-order valence-corrected chi connectivity index (χ3v) is 13.3. The van der Waals surface area contributed by atoms with Gasteiger partial charge in [0.1, 0.15) is 35.4 Å². The number of nitrogens with one attached hydrogen (secondary N) is 5. The van der Waals surface area contributed by atoms with Gasteiger partial charge in [0.15, 0.2) is 0 Å². The molecule has 3 fully saturated rings. The number of benzene rings is 2. The molecular weight excluding hydrogens is 909 g/mol. The fraction of sp³-hybridized carbons (Fsp3) is 0.642. The standard InChI is InChI=1S/C53H80N8O10/c1-36(2)31-41(56-45(63)42(32-37-17-11-9-12-18-37)57-46(64)43(33-38-19-13-10-14-20-38)58-49(67)71-52(6,7)8)44(62)55-40(21-15-16-24-54-48(66)70-51(3,4)5)47(65)60-25-22-53(23-26-60)34-39(35-53)59-27-29-61(30-28-59)50(68)69/h9-14,17-20,36,39-43H,15-16,21-35H2,1-8H3,(H,54,66)(H,55,62)(H,56,63)(H,57,64)(H,58,67)(H,68,69)/t40-,41-,42-,43-/m1/s1. The normalized spacial score (nSPS) is 18.0. The van der Waals surface area contributed by atoms with Crippen molar-refractivity contribution in [3.63, 3.8) is 0 Å². The van der Waals surface area contributed by atoms with Crippen molar-refractivity contribution in [1.29, 1.82) is 0 Å². The monoisotopic (exact) mass is 989 g/mol. The quantitative estimate of drug-likeness (QED) is 0.0892. The number of hydrogen-bond donors (Lipinski definition) is 6. The Bertz CT molecular complexity index is 2090. The number of carbonyl (C=O) groups is 7. The van der Waals surface area contributed by atoms with Crippen LogP contribution in [0.15, 0.2) is 60.7 Å². The van der Waals surface area contributed by atoms with Gasteiger partial charge in [-0.1, -0.05) is 74.5 Å². The molecule has 1 saturated carbocycles. The van der Waals surface area contributed by atoms with E-state index in [2.05, 4.69) is 31.5 Å². The number of ether oxygens (including phenoxy) is 2. The van der Waals surface area contributed by atoms with Crippen molar-refractivity contribution in [3.8, 4) is 0 Å². The summed E-state index contributed by atoms with van der Waals surface area (Å²) in [5.41, 5.74) is 0.154. The van der Waals surface area contributed by atoms with Crippen molar-refractivity contribution in [2.24, 2.45) is 11.3 Å². The second-order valence-electron chi connectivity index (χ2n) is 22.0. The fourth-order valence-electron chi connectivity index (χ4n) is 9.63. The lowest BCUT2D eigenvalue weighted by molar-refractivity contribution is -0.141. The van der Waals surface area contributed by atoms with Crippen LogP contribution in [0.2, 0.25) is 0 Å². The number of unbranched alkanes of at least 4 members (excludes halogenated alkanes) is 1. The van der Waals surface area contributed by atoms with Crippen LogP contribution in [0.25, 0.3) is 0 Å². The third-order valence-electron chi connectivity index (χ3n) is 13.3. The van der Waals surface area contributed by atoms with Gasteiger partial charge in [0.05, 0.1) is 0 Å². The maximum atomic E-state index is 14.5. The Hall–Kier alpha value is -5.91. The minimum atomic E-state index is -1.16. The SMILES string of the molecule is CC(C)C[C@@H](NC(=O)[C@@H](Cc1ccccc1)NC(=O)[C@@H](Cc1ccccc1)NC(=O)OC(C)(C)C)C(=O)N[C@H](CCCCNC(=O)OC(C)(C)C)C(=O)N1CCC2(CC1)CC(N1CCN(C(=O)O)CC1)C2. The van der Waals surface area contributed by atoms with E-state index >= 15 is 0 Å². The molecule has 1 spiro atoms. The van der Waals surface area contributed by atoms with E-state index in [1.54, 1.807) is 41.5 Å². The predicted octanol–water partition coefficient (Wildman–Crippen LogP) is 5.63. The van der Waals surface area contributed by atoms with E-state index in [0.717, 1.165) is 49.9 Å². The lowest BCUT2D eigenvalue weighted by atomic mass is 9.60. The lowest BCUT2D eigenvalue weighted by Crippen LogP contribution is -2.61. The molecule has 3 aliphatic rings. The molecule has 18 heteroatoms. The Morgan fingerprint density at radius 3 is 1.61 bits per heavy atom. The van der Waals surface area contributed by atoms with E-state index in [1.165, 1.54) is 4.90 Å². The molecule has 5 rings (SSSR count). The number of piperazine rings is 1. The van der Waals surface area contributed by atoms with E-state index in [-0.39, 0.29) is 42.9 Å². The van der Waals surface area contributed by atoms with E-state index in [9.17, 15) is 38.7 Å². The molecule has 2 saturated heterocycles. The number of carboxylic acid groups (broad SMARTS) is 1. The first-order chi connectivity index (χ1) is 33.5. The van der Waals surface area contributed by atoms with Crippen LogP contribution in [-0.4, -0.2) is 149 Å². The van der Waals surface area contributed by atoms with Crippen molar-refractivity contribution >= 4 is 41.9 Å². The zero-order valence-corrected chi connectivity index (χ0v) is 43.2. The van der Waals surface area contributed by atoms with Gasteiger partial charge >= 0.3 is 18.3 Å². The highest BCUT2D eigenvalue weighted by molar-refractivity contribution is 5.95. The van der Waals surface area contributed by atoms with Gasteiger partial charge in [-0.3, -0.25) is 24.1 Å². The molecule has 2 aromatic rings. The summed E-state index contributed by atoms with van der Waals surface area (Å²) in [4.78, 5) is 100. The number of rotatable bonds is 20. The molecule has 7 amide bonds. The van der Waals surface area contributed by atoms with Gasteiger partial charge in [0.2, 0.25) is 23.6 Å². The summed E-state index contributed by atoms with van der Waals surface area (Å²) in [6.45, 7) is 18.2. The molecule has 71 heavy (non-hydrogen) atoms. The lowest BCUT2D eigenvalue weighted by Gasteiger charge is -2.56. The highest BCUT2D eigenvalue weighted by atomic mass is 16.6. The van der Waals surface area contributed by atoms with E-state index < -0.39 is 71.4 Å². The maximum absolute atomic E-state index is 14.5. The van der Waals surface area contributed by atoms with E-state index in [4.69, 9.17) is 9.47 Å². The number of carbonyl (C=O) groups excluding carboxylic acids is 6. The summed E-state index contributed by atoms with van der Waals surface area (Å²) in [6, 6.07) is 14.5. The Morgan fingerprint density at radius 1 is 0.620 bits per heavy atom. The third kappa shape index (κ3) is 18.3. The van der Waals surface area contributed by atoms with Crippen LogP contribution in [0.1, 0.15) is 118 Å². The van der Waals surface area contributed by atoms with Crippen LogP contribution in [0, 0.1) is 11.3 Å². The predicted molar refractivity (Wildman–Crippen MR) is 269 cm³/mol. The molecule has 0 bridgehead atoms. The Labute approximate surface area is 420 Å². The van der Waals surface area contributed by atoms with Gasteiger partial charge in [-0.15, -0.1) is 0 Å². The number of likely N-dealkylation sites (tertiary alicyclic amines) is 1. The number of nitrogens with zero attached hydrogens (tertiary/aromatic N) is 3. The second kappa shape index (κ2) is 25.5. The maximum Gasteiger partial charge on any atom is 0.408 e. The molecule has 0 unspecified atom stereocenters. The average molecular weight is 989 g/mol. The van der Waals surface area contributed by atoms with Crippen LogP contribution in [0.5, 0.6) is 0 Å². The molecule has 0 aromatic heterocycles. The largest absolute Gasteiger partial charge is 0.465 e. The molecule has 1 aliphatic carbocycles. The molecule has 2 aliphatic heterocycles. The minimum Gasteiger partial charge on any atom is -0.465 e. The van der Waals surface area contributed by atoms with Crippen LogP contribution in [0.3, 0.4) is 0 Å². The van der Waals surface area contributed by atoms with Gasteiger partial charge in [-0.05, 0) is 115 Å². The Morgan fingerprint density at radius 2 is 1.10 bits per heavy atom. The smallest absolute Gasteiger partial charge is 0.408 e. The highest BCUT2D eigenvalue weighted by Gasteiger charge is 2.49. The summed E-state index contributed by atoms with van der Waals surface area (Å²) in [7, 11) is 0. The summed E-state index contributed by atoms with van der Waals surface area (Å²) in [6.07, 6.45) is 3.17. The van der Waals surface area contributed by atoms with E-state index in [0.29, 0.717) is 51.6 Å². The van der Waals surface area contributed by atoms with Crippen LogP contribution in [-0.2, 0) is 41.5 Å². The fourth-order valence-corrected chi connectivity index (χ4v) is 9.63. The zero-order valence-electron chi connectivity index (χ0n) is 43.2. The first-order valence-electron chi connectivity index (χ1n) is 25.4. The minimum absolute atomic E-state index is 0.0554. The number of piperidine rings is 1. The molecule has 18 nitrogen and oxygen atoms in total. The van der Waals surface area contributed by atoms with Crippen LogP contribution >= 0.6 is 0 Å². The van der Waals surface area contributed by atoms with Crippen molar-refractivity contribution in [2.45, 2.75) is 161 Å². The molecule has 2 heterocycles. The van der Waals surface area contributed by atoms with Crippen LogP contribution in [0.4, 0.5) is 14.4 Å². The van der Waals surface area contributed by atoms with Crippen molar-refractivity contribution in [2.75, 3.05) is 45.8 Å². The number of alkyl carbamates (subject to hydrolysis) is 2. The van der Waals surface area contributed by atoms with Gasteiger partial charge in [-0.2, -0.15) is 0 Å². The van der Waals surface area contributed by atoms with Gasteiger partial charge in [0.25, 0.3) is 0 Å². The van der Waals surface area contributed by atoms with Crippen molar-refractivity contribution < 1.29 is 48.1 Å². The Balaban J connectivity index is 1.29. The Kier molecular flexibility index (Phi) is 20.1. The van der Waals surface area contributed by atoms with Gasteiger partial charge in [0, 0.05) is 64.7 Å². The molecule has 0 radical (unpaired) electrons. The van der Waals surface area contributed by atoms with Crippen molar-refractivity contribution in [1.82, 2.24) is 41.3 Å². The summed E-state index contributed by atoms with van der Waals surface area (Å²) in [5.74, 6) is -2.03. The van der Waals surface area contributed by atoms with Crippen LogP contribution < -0.4 is 26.6 Å². The molecule has 2 aromatic carbocycles. The second-order valence-corrected chi connectivity index (χ2v) is 22.0. The summed E-state index contributed by atoms with van der Waals surface area (Å²) in [5, 5.41) is 23.7. The molecular formula is C53H80N8O10. The highest BCUT2D eigenvalue weighted by Crippen LogP contribution is 2.51. The first kappa shape index (κ1) is 56.0. The number of amides is 7. The average Bonchev–Trinajstić information content (AvgIpc) is 3.28. The van der Waals surface area contributed by atoms with Crippen molar-refractivity contribution in [3.05, 3.63) is 71.8 Å². The van der Waals surface area contributed by atoms with Gasteiger partial charge in [-0.25, -0.2) is 14.4 Å². The zero-order chi connectivity index (χ0) is 51.9. The van der Waals surface area contributed by atoms with Gasteiger partial charge < -0.3 is 51.0 Å². The summed E-state index contributed by atoms with van der Waals surface area (Å²) < 4.78 is 10.9. The van der Waals surface area contributed by atoms with E-state index in [1.807, 2.05) is 79.4 Å². The number of hydrogen-bond acceptors (Lipinski definition) is 10. The molecule has 4 atom stereocenters. The molecule has 6 N–H and O–H groups in total. The summed E-state index contributed by atoms with van der Waals surface area (Å²) >= 11 is 0. The molecule has 392 valence electrons. The topological polar surface area (TPSA) is 228 Å². The first-order valence-corrected chi connectivity index (χ1v) is 25.4.